The van der Waals surface area contributed by atoms with Gasteiger partial charge in [-0.05, 0) is 62.9 Å². The molecule has 20 heavy (non-hydrogen) atoms. The van der Waals surface area contributed by atoms with Crippen molar-refractivity contribution in [3.63, 3.8) is 0 Å². The lowest BCUT2D eigenvalue weighted by Gasteiger charge is -2.32. The van der Waals surface area contributed by atoms with E-state index >= 15 is 0 Å². The molecular weight excluding hydrogens is 247 g/mol. The summed E-state index contributed by atoms with van der Waals surface area (Å²) in [6, 6.07) is 0. The summed E-state index contributed by atoms with van der Waals surface area (Å²) in [5.74, 6) is 1.81. The highest BCUT2D eigenvalue weighted by molar-refractivity contribution is 5.21. The van der Waals surface area contributed by atoms with Gasteiger partial charge < -0.3 is 0 Å². The van der Waals surface area contributed by atoms with E-state index < -0.39 is 0 Å². The molecular formula is C19H29F. The van der Waals surface area contributed by atoms with Gasteiger partial charge in [-0.3, -0.25) is 0 Å². The van der Waals surface area contributed by atoms with E-state index in [-0.39, 0.29) is 11.7 Å². The predicted molar refractivity (Wildman–Crippen MR) is 85.1 cm³/mol. The van der Waals surface area contributed by atoms with Gasteiger partial charge in [-0.15, -0.1) is 0 Å². The Hall–Kier alpha value is -0.850. The topological polar surface area (TPSA) is 0 Å². The van der Waals surface area contributed by atoms with Crippen molar-refractivity contribution in [1.29, 1.82) is 0 Å². The molecule has 1 saturated carbocycles. The zero-order valence-electron chi connectivity index (χ0n) is 13.5. The normalized spacial score (nSPS) is 28.6. The van der Waals surface area contributed by atoms with E-state index in [1.165, 1.54) is 19.3 Å². The minimum Gasteiger partial charge on any atom is -0.212 e. The maximum Gasteiger partial charge on any atom is 0.104 e. The molecule has 0 heterocycles. The molecule has 0 nitrogen and oxygen atoms in total. The molecule has 0 aromatic rings. The van der Waals surface area contributed by atoms with E-state index in [0.717, 1.165) is 12.8 Å². The molecule has 0 spiro atoms. The maximum absolute atomic E-state index is 13.9. The number of hydrogen-bond donors (Lipinski definition) is 0. The highest BCUT2D eigenvalue weighted by atomic mass is 19.1. The van der Waals surface area contributed by atoms with Crippen LogP contribution in [0, 0.1) is 23.7 Å². The van der Waals surface area contributed by atoms with Crippen LogP contribution >= 0.6 is 0 Å². The lowest BCUT2D eigenvalue weighted by atomic mass is 9.74. The summed E-state index contributed by atoms with van der Waals surface area (Å²) in [5.41, 5.74) is 3.29. The SMILES string of the molecule is CCC1C(F)=CC=CC1CC(C)C(C)C(C)=C1CCC1. The second kappa shape index (κ2) is 6.74. The number of hydrogen-bond acceptors (Lipinski definition) is 0. The molecule has 112 valence electrons. The Morgan fingerprint density at radius 1 is 1.35 bits per heavy atom. The van der Waals surface area contributed by atoms with Crippen molar-refractivity contribution >= 4 is 0 Å². The average molecular weight is 276 g/mol. The Morgan fingerprint density at radius 3 is 2.60 bits per heavy atom. The van der Waals surface area contributed by atoms with Crippen LogP contribution in [-0.2, 0) is 0 Å². The molecule has 0 bridgehead atoms. The first-order chi connectivity index (χ1) is 9.54. The Kier molecular flexibility index (Phi) is 5.23. The fraction of sp³-hybridized carbons (Fsp3) is 0.684. The molecule has 0 N–H and O–H groups in total. The van der Waals surface area contributed by atoms with Crippen molar-refractivity contribution < 1.29 is 4.39 Å². The molecule has 0 radical (unpaired) electrons. The van der Waals surface area contributed by atoms with Crippen molar-refractivity contribution in [3.8, 4) is 0 Å². The molecule has 0 amide bonds. The Morgan fingerprint density at radius 2 is 2.05 bits per heavy atom. The van der Waals surface area contributed by atoms with Crippen LogP contribution in [0.4, 0.5) is 4.39 Å². The molecule has 2 rings (SSSR count). The third-order valence-electron chi connectivity index (χ3n) is 5.62. The van der Waals surface area contributed by atoms with E-state index in [1.54, 1.807) is 17.2 Å². The van der Waals surface area contributed by atoms with E-state index in [0.29, 0.717) is 17.8 Å². The Balaban J connectivity index is 1.98. The van der Waals surface area contributed by atoms with Gasteiger partial charge in [0.25, 0.3) is 0 Å². The first kappa shape index (κ1) is 15.5. The minimum atomic E-state index is 0.0777. The van der Waals surface area contributed by atoms with Gasteiger partial charge in [-0.1, -0.05) is 44.1 Å². The highest BCUT2D eigenvalue weighted by Gasteiger charge is 2.28. The van der Waals surface area contributed by atoms with Crippen LogP contribution < -0.4 is 0 Å². The van der Waals surface area contributed by atoms with Gasteiger partial charge in [0.15, 0.2) is 0 Å². The third-order valence-corrected chi connectivity index (χ3v) is 5.62. The van der Waals surface area contributed by atoms with Crippen LogP contribution in [-0.4, -0.2) is 0 Å². The highest BCUT2D eigenvalue weighted by Crippen LogP contribution is 2.39. The minimum absolute atomic E-state index is 0.0777. The van der Waals surface area contributed by atoms with Gasteiger partial charge in [-0.25, -0.2) is 4.39 Å². The molecule has 2 aliphatic rings. The predicted octanol–water partition coefficient (Wildman–Crippen LogP) is 6.21. The van der Waals surface area contributed by atoms with Crippen LogP contribution in [0.25, 0.3) is 0 Å². The molecule has 0 aliphatic heterocycles. The monoisotopic (exact) mass is 276 g/mol. The second-order valence-electron chi connectivity index (χ2n) is 6.76. The van der Waals surface area contributed by atoms with Gasteiger partial charge >= 0.3 is 0 Å². The summed E-state index contributed by atoms with van der Waals surface area (Å²) in [7, 11) is 0. The second-order valence-corrected chi connectivity index (χ2v) is 6.76. The molecule has 2 aliphatic carbocycles. The largest absolute Gasteiger partial charge is 0.212 e. The standard InChI is InChI=1S/C19H29F/c1-5-18-17(10-7-11-19(18)20)12-13(2)14(3)15(4)16-8-6-9-16/h7,10-11,13-14,17-18H,5-6,8-9,12H2,1-4H3. The molecule has 1 heteroatoms. The zero-order chi connectivity index (χ0) is 14.7. The molecule has 0 aromatic carbocycles. The average Bonchev–Trinajstić information content (AvgIpc) is 2.36. The van der Waals surface area contributed by atoms with E-state index in [1.807, 2.05) is 6.08 Å². The first-order valence-electron chi connectivity index (χ1n) is 8.27. The molecule has 4 atom stereocenters. The summed E-state index contributed by atoms with van der Waals surface area (Å²) in [5, 5.41) is 0. The Labute approximate surface area is 123 Å². The third kappa shape index (κ3) is 3.24. The van der Waals surface area contributed by atoms with E-state index in [9.17, 15) is 4.39 Å². The van der Waals surface area contributed by atoms with Crippen molar-refractivity contribution in [2.45, 2.75) is 59.8 Å². The van der Waals surface area contributed by atoms with Gasteiger partial charge in [0.05, 0.1) is 0 Å². The van der Waals surface area contributed by atoms with Crippen LogP contribution in [0.2, 0.25) is 0 Å². The number of halogens is 1. The lowest BCUT2D eigenvalue weighted by molar-refractivity contribution is 0.279. The zero-order valence-corrected chi connectivity index (χ0v) is 13.5. The number of rotatable bonds is 5. The molecule has 1 fully saturated rings. The Bertz CT molecular complexity index is 421. The number of allylic oxidation sites excluding steroid dienone is 6. The van der Waals surface area contributed by atoms with Crippen molar-refractivity contribution in [2.75, 3.05) is 0 Å². The molecule has 4 unspecified atom stereocenters. The summed E-state index contributed by atoms with van der Waals surface area (Å²) >= 11 is 0. The van der Waals surface area contributed by atoms with Gasteiger partial charge in [-0.2, -0.15) is 0 Å². The van der Waals surface area contributed by atoms with Crippen LogP contribution in [0.3, 0.4) is 0 Å². The smallest absolute Gasteiger partial charge is 0.104 e. The van der Waals surface area contributed by atoms with Crippen molar-refractivity contribution in [1.82, 2.24) is 0 Å². The fourth-order valence-electron chi connectivity index (χ4n) is 3.62. The van der Waals surface area contributed by atoms with Gasteiger partial charge in [0, 0.05) is 5.92 Å². The summed E-state index contributed by atoms with van der Waals surface area (Å²) in [6.45, 7) is 9.10. The van der Waals surface area contributed by atoms with Crippen molar-refractivity contribution in [3.05, 3.63) is 35.2 Å². The molecule has 0 aromatic heterocycles. The summed E-state index contributed by atoms with van der Waals surface area (Å²) in [4.78, 5) is 0. The van der Waals surface area contributed by atoms with Crippen LogP contribution in [0.15, 0.2) is 35.2 Å². The lowest BCUT2D eigenvalue weighted by Crippen LogP contribution is -2.22. The van der Waals surface area contributed by atoms with Crippen LogP contribution in [0.1, 0.15) is 59.8 Å². The maximum atomic E-state index is 13.9. The van der Waals surface area contributed by atoms with E-state index in [2.05, 4.69) is 33.8 Å². The molecule has 0 saturated heterocycles. The van der Waals surface area contributed by atoms with E-state index in [4.69, 9.17) is 0 Å². The first-order valence-corrected chi connectivity index (χ1v) is 8.27. The van der Waals surface area contributed by atoms with Crippen LogP contribution in [0.5, 0.6) is 0 Å². The fourth-order valence-corrected chi connectivity index (χ4v) is 3.62. The van der Waals surface area contributed by atoms with Gasteiger partial charge in [0.2, 0.25) is 0 Å². The van der Waals surface area contributed by atoms with Gasteiger partial charge in [0.1, 0.15) is 5.83 Å². The quantitative estimate of drug-likeness (QED) is 0.523. The summed E-state index contributed by atoms with van der Waals surface area (Å²) in [6.07, 6.45) is 11.7. The van der Waals surface area contributed by atoms with Crippen molar-refractivity contribution in [2.24, 2.45) is 23.7 Å². The summed E-state index contributed by atoms with van der Waals surface area (Å²) < 4.78 is 13.9.